The summed E-state index contributed by atoms with van der Waals surface area (Å²) in [5.74, 6) is 0. The Morgan fingerprint density at radius 2 is 1.02 bits per heavy atom. The lowest BCUT2D eigenvalue weighted by Crippen LogP contribution is -2.50. The third-order valence-electron chi connectivity index (χ3n) is 6.85. The number of hydrogen-bond donors (Lipinski definition) is 2. The number of unbranched alkanes of at least 4 members (excludes halogenated alkanes) is 10. The summed E-state index contributed by atoms with van der Waals surface area (Å²) in [7, 11) is 14.2. The second kappa shape index (κ2) is 24.1. The molecule has 0 aromatic carbocycles. The van der Waals surface area contributed by atoms with Crippen molar-refractivity contribution in [2.75, 3.05) is 82.1 Å². The van der Waals surface area contributed by atoms with E-state index in [2.05, 4.69) is 48.5 Å². The molecular formula is C31H66N5O4+. The molecule has 2 atom stereocenters. The first-order valence-electron chi connectivity index (χ1n) is 15.9. The topological polar surface area (TPSA) is 83.1 Å². The van der Waals surface area contributed by atoms with Gasteiger partial charge in [-0.15, -0.1) is 0 Å². The van der Waals surface area contributed by atoms with Crippen molar-refractivity contribution >= 4 is 12.2 Å². The van der Waals surface area contributed by atoms with Gasteiger partial charge in [-0.05, 0) is 67.0 Å². The normalized spacial score (nSPS) is 13.3. The summed E-state index contributed by atoms with van der Waals surface area (Å²) in [5.41, 5.74) is 0. The van der Waals surface area contributed by atoms with E-state index in [4.69, 9.17) is 9.47 Å². The Labute approximate surface area is 247 Å². The van der Waals surface area contributed by atoms with Crippen molar-refractivity contribution < 1.29 is 23.5 Å². The minimum Gasteiger partial charge on any atom is -0.442 e. The summed E-state index contributed by atoms with van der Waals surface area (Å²) in [6.07, 6.45) is 14.3. The molecule has 0 aromatic rings. The molecule has 0 bridgehead atoms. The highest BCUT2D eigenvalue weighted by Crippen LogP contribution is 2.18. The fraction of sp³-hybridized carbons (Fsp3) is 0.935. The number of likely N-dealkylation sites (N-methyl/N-ethyl adjacent to an activating group) is 1. The molecule has 40 heavy (non-hydrogen) atoms. The van der Waals surface area contributed by atoms with Crippen molar-refractivity contribution in [1.29, 1.82) is 0 Å². The molecule has 0 aliphatic rings. The van der Waals surface area contributed by atoms with Crippen LogP contribution in [0.25, 0.3) is 0 Å². The Morgan fingerprint density at radius 1 is 0.625 bits per heavy atom. The standard InChI is InChI=1S/C31H65N5O4/c1-9-10-11-12-13-14-15-16-17-18-19-22-28(39-30(37)32-23-20-25-34(2)3)29(27-36(6,7)8)40-31(38)33-24-21-26-35(4)5/h28-29H,9-27H2,1-8H3,(H-,32,33,37,38)/p+1. The fourth-order valence-corrected chi connectivity index (χ4v) is 4.63. The number of nitrogens with one attached hydrogen (secondary N) is 2. The maximum atomic E-state index is 12.7. The summed E-state index contributed by atoms with van der Waals surface area (Å²) in [6, 6.07) is 0. The predicted molar refractivity (Wildman–Crippen MR) is 167 cm³/mol. The van der Waals surface area contributed by atoms with Crippen LogP contribution in [0.3, 0.4) is 0 Å². The van der Waals surface area contributed by atoms with Gasteiger partial charge in [-0.2, -0.15) is 0 Å². The molecule has 0 aliphatic carbocycles. The molecule has 0 saturated heterocycles. The molecule has 2 unspecified atom stereocenters. The minimum absolute atomic E-state index is 0.437. The van der Waals surface area contributed by atoms with E-state index in [9.17, 15) is 9.59 Å². The first-order chi connectivity index (χ1) is 18.9. The zero-order valence-electron chi connectivity index (χ0n) is 27.6. The summed E-state index contributed by atoms with van der Waals surface area (Å²) >= 11 is 0. The monoisotopic (exact) mass is 573 g/mol. The molecule has 0 rings (SSSR count). The molecule has 0 aliphatic heterocycles. The lowest BCUT2D eigenvalue weighted by molar-refractivity contribution is -0.873. The SMILES string of the molecule is CCCCCCCCCCCCCC(OC(=O)NCCCN(C)C)C(C[N+](C)(C)C)OC(=O)NCCCN(C)C. The second-order valence-corrected chi connectivity index (χ2v) is 12.9. The van der Waals surface area contributed by atoms with Gasteiger partial charge in [-0.3, -0.25) is 0 Å². The minimum atomic E-state index is -0.524. The van der Waals surface area contributed by atoms with Crippen LogP contribution in [-0.4, -0.2) is 121 Å². The number of amides is 2. The van der Waals surface area contributed by atoms with E-state index in [1.165, 1.54) is 57.8 Å². The zero-order chi connectivity index (χ0) is 30.2. The van der Waals surface area contributed by atoms with Crippen LogP contribution in [0.2, 0.25) is 0 Å². The molecule has 0 aromatic heterocycles. The number of ether oxygens (including phenoxy) is 2. The van der Waals surface area contributed by atoms with E-state index in [1.54, 1.807) is 0 Å². The zero-order valence-corrected chi connectivity index (χ0v) is 27.6. The Balaban J connectivity index is 4.96. The number of nitrogens with zero attached hydrogens (tertiary/aromatic N) is 3. The summed E-state index contributed by atoms with van der Waals surface area (Å²) < 4.78 is 12.4. The van der Waals surface area contributed by atoms with Gasteiger partial charge in [0.2, 0.25) is 0 Å². The number of carbonyl (C=O) groups is 2. The molecule has 9 heteroatoms. The van der Waals surface area contributed by atoms with Crippen LogP contribution in [0.4, 0.5) is 9.59 Å². The Kier molecular flexibility index (Phi) is 23.1. The highest BCUT2D eigenvalue weighted by atomic mass is 16.6. The first-order valence-corrected chi connectivity index (χ1v) is 15.9. The van der Waals surface area contributed by atoms with E-state index < -0.39 is 24.4 Å². The number of rotatable bonds is 25. The van der Waals surface area contributed by atoms with Gasteiger partial charge in [-0.1, -0.05) is 71.1 Å². The fourth-order valence-electron chi connectivity index (χ4n) is 4.63. The molecule has 0 saturated carbocycles. The van der Waals surface area contributed by atoms with Crippen molar-refractivity contribution in [3.8, 4) is 0 Å². The van der Waals surface area contributed by atoms with Crippen molar-refractivity contribution in [3.05, 3.63) is 0 Å². The van der Waals surface area contributed by atoms with Crippen LogP contribution in [0, 0.1) is 0 Å². The predicted octanol–water partition coefficient (Wildman–Crippen LogP) is 5.49. The molecular weight excluding hydrogens is 506 g/mol. The lowest BCUT2D eigenvalue weighted by atomic mass is 10.0. The highest BCUT2D eigenvalue weighted by molar-refractivity contribution is 5.68. The third kappa shape index (κ3) is 25.4. The average Bonchev–Trinajstić information content (AvgIpc) is 2.85. The van der Waals surface area contributed by atoms with E-state index in [-0.39, 0.29) is 0 Å². The molecule has 0 spiro atoms. The van der Waals surface area contributed by atoms with E-state index >= 15 is 0 Å². The van der Waals surface area contributed by atoms with Gasteiger partial charge in [0, 0.05) is 13.1 Å². The van der Waals surface area contributed by atoms with Crippen molar-refractivity contribution in [2.45, 2.75) is 109 Å². The van der Waals surface area contributed by atoms with Crippen LogP contribution in [0.15, 0.2) is 0 Å². The maximum Gasteiger partial charge on any atom is 0.407 e. The van der Waals surface area contributed by atoms with Gasteiger partial charge in [0.05, 0.1) is 21.1 Å². The van der Waals surface area contributed by atoms with Crippen molar-refractivity contribution in [2.24, 2.45) is 0 Å². The summed E-state index contributed by atoms with van der Waals surface area (Å²) in [6.45, 7) is 5.69. The van der Waals surface area contributed by atoms with Gasteiger partial charge in [0.25, 0.3) is 0 Å². The Bertz CT molecular complexity index is 625. The van der Waals surface area contributed by atoms with Crippen LogP contribution >= 0.6 is 0 Å². The number of carbonyl (C=O) groups excluding carboxylic acids is 2. The highest BCUT2D eigenvalue weighted by Gasteiger charge is 2.33. The number of quaternary nitrogens is 1. The van der Waals surface area contributed by atoms with Gasteiger partial charge < -0.3 is 34.4 Å². The largest absolute Gasteiger partial charge is 0.442 e. The van der Waals surface area contributed by atoms with Crippen LogP contribution in [0.5, 0.6) is 0 Å². The van der Waals surface area contributed by atoms with E-state index in [0.717, 1.165) is 38.8 Å². The van der Waals surface area contributed by atoms with Gasteiger partial charge in [-0.25, -0.2) is 9.59 Å². The van der Waals surface area contributed by atoms with Crippen LogP contribution in [-0.2, 0) is 9.47 Å². The summed E-state index contributed by atoms with van der Waals surface area (Å²) in [5, 5.41) is 5.75. The first kappa shape index (κ1) is 38.4. The maximum absolute atomic E-state index is 12.7. The van der Waals surface area contributed by atoms with Crippen molar-refractivity contribution in [3.63, 3.8) is 0 Å². The number of hydrogen-bond acceptors (Lipinski definition) is 6. The van der Waals surface area contributed by atoms with Gasteiger partial charge in [0.15, 0.2) is 6.10 Å². The number of alkyl carbamates (subject to hydrolysis) is 2. The third-order valence-corrected chi connectivity index (χ3v) is 6.85. The van der Waals surface area contributed by atoms with Crippen molar-refractivity contribution in [1.82, 2.24) is 20.4 Å². The Morgan fingerprint density at radius 3 is 1.43 bits per heavy atom. The second-order valence-electron chi connectivity index (χ2n) is 12.9. The molecule has 0 radical (unpaired) electrons. The molecule has 9 nitrogen and oxygen atoms in total. The molecule has 2 amide bonds. The van der Waals surface area contributed by atoms with E-state index in [1.807, 2.05) is 28.2 Å². The van der Waals surface area contributed by atoms with Gasteiger partial charge in [0.1, 0.15) is 12.6 Å². The van der Waals surface area contributed by atoms with E-state index in [0.29, 0.717) is 30.5 Å². The smallest absolute Gasteiger partial charge is 0.407 e. The van der Waals surface area contributed by atoms with Gasteiger partial charge >= 0.3 is 12.2 Å². The van der Waals surface area contributed by atoms with Crippen LogP contribution in [0.1, 0.15) is 96.8 Å². The Hall–Kier alpha value is -1.58. The molecule has 0 heterocycles. The molecule has 2 N–H and O–H groups in total. The van der Waals surface area contributed by atoms with Crippen LogP contribution < -0.4 is 10.6 Å². The molecule has 0 fully saturated rings. The average molecular weight is 573 g/mol. The molecule has 238 valence electrons. The lowest BCUT2D eigenvalue weighted by Gasteiger charge is -2.33. The quantitative estimate of drug-likeness (QED) is 0.111. The summed E-state index contributed by atoms with van der Waals surface area (Å²) in [4.78, 5) is 29.6.